The van der Waals surface area contributed by atoms with Crippen LogP contribution < -0.4 is 5.32 Å². The molecule has 11 heavy (non-hydrogen) atoms. The van der Waals surface area contributed by atoms with Gasteiger partial charge in [-0.15, -0.1) is 0 Å². The van der Waals surface area contributed by atoms with E-state index in [2.05, 4.69) is 12.2 Å². The summed E-state index contributed by atoms with van der Waals surface area (Å²) in [6.07, 6.45) is 0.647. The minimum absolute atomic E-state index is 0.171. The molecule has 0 radical (unpaired) electrons. The van der Waals surface area contributed by atoms with E-state index in [0.29, 0.717) is 18.3 Å². The van der Waals surface area contributed by atoms with E-state index < -0.39 is 0 Å². The number of rotatable bonds is 2. The minimum atomic E-state index is 0.171. The number of methoxy groups -OCH3 is 1. The van der Waals surface area contributed by atoms with Crippen LogP contribution in [0.5, 0.6) is 0 Å². The van der Waals surface area contributed by atoms with Crippen LogP contribution in [-0.4, -0.2) is 26.2 Å². The summed E-state index contributed by atoms with van der Waals surface area (Å²) < 4.78 is 5.04. The lowest BCUT2D eigenvalue weighted by molar-refractivity contribution is -0.124. The van der Waals surface area contributed by atoms with Gasteiger partial charge in [0, 0.05) is 26.0 Å². The summed E-state index contributed by atoms with van der Waals surface area (Å²) in [5.41, 5.74) is 0. The van der Waals surface area contributed by atoms with Gasteiger partial charge in [-0.2, -0.15) is 0 Å². The van der Waals surface area contributed by atoms with Crippen molar-refractivity contribution in [2.24, 2.45) is 11.8 Å². The van der Waals surface area contributed by atoms with Crippen LogP contribution in [0.15, 0.2) is 0 Å². The summed E-state index contributed by atoms with van der Waals surface area (Å²) in [7, 11) is 1.70. The molecule has 1 rings (SSSR count). The first-order valence-corrected chi connectivity index (χ1v) is 3.99. The monoisotopic (exact) mass is 157 g/mol. The Morgan fingerprint density at radius 1 is 1.73 bits per heavy atom. The molecule has 0 aliphatic carbocycles. The predicted molar refractivity (Wildman–Crippen MR) is 42.2 cm³/mol. The fourth-order valence-electron chi connectivity index (χ4n) is 1.41. The molecule has 3 nitrogen and oxygen atoms in total. The van der Waals surface area contributed by atoms with Crippen molar-refractivity contribution in [3.05, 3.63) is 0 Å². The van der Waals surface area contributed by atoms with Crippen molar-refractivity contribution >= 4 is 5.91 Å². The van der Waals surface area contributed by atoms with Gasteiger partial charge in [0.15, 0.2) is 0 Å². The summed E-state index contributed by atoms with van der Waals surface area (Å²) in [6.45, 7) is 3.62. The average Bonchev–Trinajstić information content (AvgIpc) is 1.95. The van der Waals surface area contributed by atoms with Gasteiger partial charge < -0.3 is 10.1 Å². The highest BCUT2D eigenvalue weighted by Crippen LogP contribution is 2.18. The molecule has 0 bridgehead atoms. The van der Waals surface area contributed by atoms with Gasteiger partial charge in [0.25, 0.3) is 0 Å². The van der Waals surface area contributed by atoms with E-state index in [4.69, 9.17) is 4.74 Å². The van der Waals surface area contributed by atoms with Crippen molar-refractivity contribution in [2.75, 3.05) is 20.3 Å². The summed E-state index contributed by atoms with van der Waals surface area (Å²) >= 11 is 0. The van der Waals surface area contributed by atoms with E-state index in [0.717, 1.165) is 13.2 Å². The van der Waals surface area contributed by atoms with Gasteiger partial charge in [-0.05, 0) is 5.92 Å². The molecule has 2 unspecified atom stereocenters. The van der Waals surface area contributed by atoms with Crippen LogP contribution in [0.3, 0.4) is 0 Å². The molecule has 1 saturated heterocycles. The first-order valence-electron chi connectivity index (χ1n) is 3.99. The Labute approximate surface area is 67.1 Å². The van der Waals surface area contributed by atoms with E-state index in [1.54, 1.807) is 7.11 Å². The number of hydrogen-bond donors (Lipinski definition) is 1. The Morgan fingerprint density at radius 3 is 3.00 bits per heavy atom. The highest BCUT2D eigenvalue weighted by atomic mass is 16.5. The van der Waals surface area contributed by atoms with E-state index >= 15 is 0 Å². The third-order valence-electron chi connectivity index (χ3n) is 2.25. The lowest BCUT2D eigenvalue weighted by Gasteiger charge is -2.27. The van der Waals surface area contributed by atoms with Gasteiger partial charge in [-0.25, -0.2) is 0 Å². The van der Waals surface area contributed by atoms with Crippen LogP contribution in [0, 0.1) is 11.8 Å². The summed E-state index contributed by atoms with van der Waals surface area (Å²) in [5, 5.41) is 2.83. The third-order valence-corrected chi connectivity index (χ3v) is 2.25. The van der Waals surface area contributed by atoms with Crippen molar-refractivity contribution in [3.8, 4) is 0 Å². The van der Waals surface area contributed by atoms with E-state index in [9.17, 15) is 4.79 Å². The maximum absolute atomic E-state index is 10.9. The van der Waals surface area contributed by atoms with Crippen LogP contribution in [0.1, 0.15) is 13.3 Å². The van der Waals surface area contributed by atoms with Crippen molar-refractivity contribution in [2.45, 2.75) is 13.3 Å². The van der Waals surface area contributed by atoms with E-state index in [1.165, 1.54) is 0 Å². The fraction of sp³-hybridized carbons (Fsp3) is 0.875. The second-order valence-corrected chi connectivity index (χ2v) is 3.20. The lowest BCUT2D eigenvalue weighted by atomic mass is 9.88. The van der Waals surface area contributed by atoms with Gasteiger partial charge in [-0.1, -0.05) is 6.92 Å². The molecule has 1 amide bonds. The van der Waals surface area contributed by atoms with Gasteiger partial charge in [0.2, 0.25) is 5.91 Å². The Kier molecular flexibility index (Phi) is 2.88. The molecule has 3 heteroatoms. The second kappa shape index (κ2) is 3.72. The third kappa shape index (κ3) is 2.19. The van der Waals surface area contributed by atoms with Crippen LogP contribution in [0.25, 0.3) is 0 Å². The molecule has 0 spiro atoms. The first kappa shape index (κ1) is 8.53. The highest BCUT2D eigenvalue weighted by Gasteiger charge is 2.24. The number of hydrogen-bond acceptors (Lipinski definition) is 2. The summed E-state index contributed by atoms with van der Waals surface area (Å²) in [6, 6.07) is 0. The van der Waals surface area contributed by atoms with E-state index in [-0.39, 0.29) is 5.91 Å². The molecule has 1 aliphatic rings. The Balaban J connectivity index is 2.37. The van der Waals surface area contributed by atoms with Crippen molar-refractivity contribution in [3.63, 3.8) is 0 Å². The Bertz CT molecular complexity index is 147. The SMILES string of the molecule is COCC1CNC(=O)CC1C. The van der Waals surface area contributed by atoms with Gasteiger partial charge >= 0.3 is 0 Å². The topological polar surface area (TPSA) is 38.3 Å². The smallest absolute Gasteiger partial charge is 0.220 e. The zero-order chi connectivity index (χ0) is 8.27. The molecule has 0 saturated carbocycles. The average molecular weight is 157 g/mol. The number of ether oxygens (including phenoxy) is 1. The normalized spacial score (nSPS) is 31.6. The number of piperidine rings is 1. The van der Waals surface area contributed by atoms with Crippen LogP contribution in [0.2, 0.25) is 0 Å². The van der Waals surface area contributed by atoms with Crippen LogP contribution in [0.4, 0.5) is 0 Å². The maximum Gasteiger partial charge on any atom is 0.220 e. The molecule has 0 aromatic heterocycles. The van der Waals surface area contributed by atoms with Gasteiger partial charge in [0.05, 0.1) is 6.61 Å². The lowest BCUT2D eigenvalue weighted by Crippen LogP contribution is -2.41. The second-order valence-electron chi connectivity index (χ2n) is 3.20. The highest BCUT2D eigenvalue weighted by molar-refractivity contribution is 5.76. The molecular weight excluding hydrogens is 142 g/mol. The van der Waals surface area contributed by atoms with Gasteiger partial charge in [0.1, 0.15) is 0 Å². The summed E-state index contributed by atoms with van der Waals surface area (Å²) in [5.74, 6) is 1.13. The van der Waals surface area contributed by atoms with Crippen LogP contribution >= 0.6 is 0 Å². The quantitative estimate of drug-likeness (QED) is 0.630. The number of amides is 1. The van der Waals surface area contributed by atoms with Crippen molar-refractivity contribution in [1.82, 2.24) is 5.32 Å². The number of nitrogens with one attached hydrogen (secondary N) is 1. The molecule has 1 aliphatic heterocycles. The van der Waals surface area contributed by atoms with Crippen molar-refractivity contribution in [1.29, 1.82) is 0 Å². The number of carbonyl (C=O) groups excluding carboxylic acids is 1. The molecule has 0 aromatic rings. The Hall–Kier alpha value is -0.570. The largest absolute Gasteiger partial charge is 0.384 e. The predicted octanol–water partition coefficient (Wildman–Crippen LogP) is 0.405. The van der Waals surface area contributed by atoms with E-state index in [1.807, 2.05) is 0 Å². The summed E-state index contributed by atoms with van der Waals surface area (Å²) in [4.78, 5) is 10.9. The molecule has 1 fully saturated rings. The van der Waals surface area contributed by atoms with Crippen molar-refractivity contribution < 1.29 is 9.53 Å². The molecule has 2 atom stereocenters. The number of carbonyl (C=O) groups is 1. The molecule has 0 aromatic carbocycles. The molecule has 64 valence electrons. The fourth-order valence-corrected chi connectivity index (χ4v) is 1.41. The van der Waals surface area contributed by atoms with Gasteiger partial charge in [-0.3, -0.25) is 4.79 Å². The Morgan fingerprint density at radius 2 is 2.45 bits per heavy atom. The standard InChI is InChI=1S/C8H15NO2/c1-6-3-8(10)9-4-7(6)5-11-2/h6-7H,3-5H2,1-2H3,(H,9,10). The maximum atomic E-state index is 10.9. The first-order chi connectivity index (χ1) is 5.24. The minimum Gasteiger partial charge on any atom is -0.384 e. The van der Waals surface area contributed by atoms with Crippen LogP contribution in [-0.2, 0) is 9.53 Å². The zero-order valence-electron chi connectivity index (χ0n) is 7.09. The molecular formula is C8H15NO2. The molecule has 1 N–H and O–H groups in total. The molecule has 1 heterocycles. The zero-order valence-corrected chi connectivity index (χ0v) is 7.09.